The normalized spacial score (nSPS) is 11.6. The molecule has 0 radical (unpaired) electrons. The molecule has 0 aliphatic carbocycles. The number of hydrogen-bond donors (Lipinski definition) is 4. The second-order valence-electron chi connectivity index (χ2n) is 6.49. The molecule has 0 aliphatic rings. The molecule has 0 bridgehead atoms. The Morgan fingerprint density at radius 2 is 1.42 bits per heavy atom. The highest BCUT2D eigenvalue weighted by Gasteiger charge is 2.06. The Hall–Kier alpha value is -3.24. The molecule has 0 heterocycles. The van der Waals surface area contributed by atoms with E-state index in [4.69, 9.17) is 51.2 Å². The van der Waals surface area contributed by atoms with Crippen molar-refractivity contribution in [1.29, 1.82) is 0 Å². The van der Waals surface area contributed by atoms with E-state index in [-0.39, 0.29) is 5.11 Å². The molecule has 164 valence electrons. The first kappa shape index (κ1) is 24.0. The number of thiocarbonyl (C=S) groups is 2. The average Bonchev–Trinajstić information content (AvgIpc) is 2.76. The zero-order chi connectivity index (χ0) is 22.6. The Bertz CT molecular complexity index is 943. The molecule has 10 heteroatoms. The molecular weight excluding hydrogens is 432 g/mol. The van der Waals surface area contributed by atoms with Gasteiger partial charge in [0.05, 0.1) is 29.6 Å². The Morgan fingerprint density at radius 1 is 0.903 bits per heavy atom. The lowest BCUT2D eigenvalue weighted by Crippen LogP contribution is -2.25. The van der Waals surface area contributed by atoms with Gasteiger partial charge in [-0.15, -0.1) is 0 Å². The number of rotatable bonds is 11. The number of nitrogens with zero attached hydrogens (tertiary/aromatic N) is 2. The van der Waals surface area contributed by atoms with E-state index < -0.39 is 0 Å². The fourth-order valence-corrected chi connectivity index (χ4v) is 2.75. The minimum Gasteiger partial charge on any atom is -0.493 e. The van der Waals surface area contributed by atoms with Gasteiger partial charge in [-0.1, -0.05) is 12.2 Å². The standard InChI is InChI=1S/C21H26N6O2S2/c1-14(26-27-21(23)31)15-3-7-17(8-4-15)28-11-2-12-29-18-9-5-16(6-10-18)19(25-24)13-20(22)30/h3-10H,2,11-13,24H2,1H3,(H2,22,30)(H3,23,27,31)/b25-19-,26-14-. The van der Waals surface area contributed by atoms with Gasteiger partial charge < -0.3 is 26.8 Å². The predicted octanol–water partition coefficient (Wildman–Crippen LogP) is 2.43. The SMILES string of the molecule is C/C(=N/NC(N)=S)c1ccc(OCCCOc2ccc(/C(CC(N)=S)=N\N)cc2)cc1. The molecule has 0 aliphatic heterocycles. The molecule has 7 N–H and O–H groups in total. The predicted molar refractivity (Wildman–Crippen MR) is 133 cm³/mol. The van der Waals surface area contributed by atoms with Crippen LogP contribution in [0, 0.1) is 0 Å². The van der Waals surface area contributed by atoms with Gasteiger partial charge in [0.15, 0.2) is 5.11 Å². The van der Waals surface area contributed by atoms with Gasteiger partial charge in [-0.05, 0) is 78.8 Å². The van der Waals surface area contributed by atoms with Crippen molar-refractivity contribution in [2.24, 2.45) is 27.5 Å². The van der Waals surface area contributed by atoms with Crippen LogP contribution in [-0.2, 0) is 0 Å². The van der Waals surface area contributed by atoms with Crippen LogP contribution in [0.3, 0.4) is 0 Å². The highest BCUT2D eigenvalue weighted by molar-refractivity contribution is 7.80. The Kier molecular flexibility index (Phi) is 9.66. The molecular formula is C21H26N6O2S2. The molecule has 31 heavy (non-hydrogen) atoms. The summed E-state index contributed by atoms with van der Waals surface area (Å²) in [6, 6.07) is 15.1. The van der Waals surface area contributed by atoms with E-state index in [0.717, 1.165) is 34.8 Å². The summed E-state index contributed by atoms with van der Waals surface area (Å²) in [4.78, 5) is 0.343. The van der Waals surface area contributed by atoms with Crippen LogP contribution in [0.2, 0.25) is 0 Å². The monoisotopic (exact) mass is 458 g/mol. The van der Waals surface area contributed by atoms with Crippen molar-refractivity contribution in [2.75, 3.05) is 13.2 Å². The number of nitrogens with two attached hydrogens (primary N) is 3. The van der Waals surface area contributed by atoms with E-state index >= 15 is 0 Å². The average molecular weight is 459 g/mol. The smallest absolute Gasteiger partial charge is 0.184 e. The summed E-state index contributed by atoms with van der Waals surface area (Å²) in [6.45, 7) is 2.92. The summed E-state index contributed by atoms with van der Waals surface area (Å²) in [5.41, 5.74) is 16.7. The molecule has 0 unspecified atom stereocenters. The Morgan fingerprint density at radius 3 is 1.87 bits per heavy atom. The van der Waals surface area contributed by atoms with Crippen LogP contribution >= 0.6 is 24.4 Å². The van der Waals surface area contributed by atoms with Gasteiger partial charge >= 0.3 is 0 Å². The second kappa shape index (κ2) is 12.5. The van der Waals surface area contributed by atoms with Crippen LogP contribution < -0.4 is 32.2 Å². The molecule has 0 aromatic heterocycles. The van der Waals surface area contributed by atoms with Crippen LogP contribution in [0.1, 0.15) is 30.9 Å². The number of hydrazone groups is 2. The molecule has 2 aromatic rings. The molecule has 0 saturated heterocycles. The maximum Gasteiger partial charge on any atom is 0.184 e. The maximum absolute atomic E-state index is 5.75. The molecule has 8 nitrogen and oxygen atoms in total. The van der Waals surface area contributed by atoms with Gasteiger partial charge in [0.1, 0.15) is 11.5 Å². The van der Waals surface area contributed by atoms with Gasteiger partial charge in [0.25, 0.3) is 0 Å². The fraction of sp³-hybridized carbons (Fsp3) is 0.238. The van der Waals surface area contributed by atoms with E-state index in [9.17, 15) is 0 Å². The first-order chi connectivity index (χ1) is 14.9. The zero-order valence-electron chi connectivity index (χ0n) is 17.2. The highest BCUT2D eigenvalue weighted by Crippen LogP contribution is 2.15. The lowest BCUT2D eigenvalue weighted by atomic mass is 10.1. The third-order valence-electron chi connectivity index (χ3n) is 4.12. The van der Waals surface area contributed by atoms with E-state index in [0.29, 0.717) is 30.3 Å². The quantitative estimate of drug-likeness (QED) is 0.133. The topological polar surface area (TPSA) is 133 Å². The molecule has 2 aromatic carbocycles. The Labute approximate surface area is 192 Å². The third kappa shape index (κ3) is 8.57. The van der Waals surface area contributed by atoms with Crippen molar-refractivity contribution in [3.63, 3.8) is 0 Å². The first-order valence-corrected chi connectivity index (χ1v) is 10.3. The largest absolute Gasteiger partial charge is 0.493 e. The molecule has 0 spiro atoms. The zero-order valence-corrected chi connectivity index (χ0v) is 18.8. The number of nitrogens with one attached hydrogen (secondary N) is 1. The summed E-state index contributed by atoms with van der Waals surface area (Å²) in [6.07, 6.45) is 1.09. The lowest BCUT2D eigenvalue weighted by molar-refractivity contribution is 0.247. The van der Waals surface area contributed by atoms with Crippen LogP contribution in [0.4, 0.5) is 0 Å². The van der Waals surface area contributed by atoms with Crippen LogP contribution in [0.25, 0.3) is 0 Å². The van der Waals surface area contributed by atoms with Crippen LogP contribution in [-0.4, -0.2) is 34.7 Å². The van der Waals surface area contributed by atoms with Crippen molar-refractivity contribution in [1.82, 2.24) is 5.43 Å². The van der Waals surface area contributed by atoms with Gasteiger partial charge in [0.2, 0.25) is 0 Å². The number of benzene rings is 2. The summed E-state index contributed by atoms with van der Waals surface area (Å²) in [5, 5.41) is 7.96. The van der Waals surface area contributed by atoms with E-state index in [1.165, 1.54) is 0 Å². The van der Waals surface area contributed by atoms with Crippen LogP contribution in [0.15, 0.2) is 58.7 Å². The lowest BCUT2D eigenvalue weighted by Gasteiger charge is -2.10. The first-order valence-electron chi connectivity index (χ1n) is 9.50. The molecule has 0 amide bonds. The van der Waals surface area contributed by atoms with Gasteiger partial charge in [-0.3, -0.25) is 5.43 Å². The minimum absolute atomic E-state index is 0.128. The summed E-state index contributed by atoms with van der Waals surface area (Å²) in [7, 11) is 0. The van der Waals surface area contributed by atoms with Crippen molar-refractivity contribution < 1.29 is 9.47 Å². The van der Waals surface area contributed by atoms with E-state index in [2.05, 4.69) is 15.6 Å². The maximum atomic E-state index is 5.75. The van der Waals surface area contributed by atoms with Gasteiger partial charge in [-0.2, -0.15) is 10.2 Å². The number of ether oxygens (including phenoxy) is 2. The molecule has 0 fully saturated rings. The summed E-state index contributed by atoms with van der Waals surface area (Å²) < 4.78 is 11.5. The second-order valence-corrected chi connectivity index (χ2v) is 7.46. The van der Waals surface area contributed by atoms with E-state index in [1.54, 1.807) is 0 Å². The van der Waals surface area contributed by atoms with Gasteiger partial charge in [0, 0.05) is 12.8 Å². The van der Waals surface area contributed by atoms with Crippen molar-refractivity contribution in [2.45, 2.75) is 19.8 Å². The van der Waals surface area contributed by atoms with Gasteiger partial charge in [-0.25, -0.2) is 0 Å². The van der Waals surface area contributed by atoms with Crippen molar-refractivity contribution >= 4 is 46.0 Å². The Balaban J connectivity index is 1.74. The fourth-order valence-electron chi connectivity index (χ4n) is 2.57. The van der Waals surface area contributed by atoms with Crippen molar-refractivity contribution in [3.8, 4) is 11.5 Å². The molecule has 0 atom stereocenters. The van der Waals surface area contributed by atoms with E-state index in [1.807, 2.05) is 55.5 Å². The number of hydrogen-bond acceptors (Lipinski definition) is 7. The summed E-state index contributed by atoms with van der Waals surface area (Å²) >= 11 is 9.64. The minimum atomic E-state index is 0.128. The molecule has 2 rings (SSSR count). The summed E-state index contributed by atoms with van der Waals surface area (Å²) in [5.74, 6) is 6.93. The molecule has 0 saturated carbocycles. The van der Waals surface area contributed by atoms with Crippen LogP contribution in [0.5, 0.6) is 11.5 Å². The van der Waals surface area contributed by atoms with Crippen molar-refractivity contribution in [3.05, 3.63) is 59.7 Å². The third-order valence-corrected chi connectivity index (χ3v) is 4.35. The highest BCUT2D eigenvalue weighted by atomic mass is 32.1.